The van der Waals surface area contributed by atoms with E-state index >= 15 is 8.78 Å². The second-order valence-corrected chi connectivity index (χ2v) is 11.0. The highest BCUT2D eigenvalue weighted by molar-refractivity contribution is 7.92. The third kappa shape index (κ3) is 6.64. The monoisotopic (exact) mass is 635 g/mol. The summed E-state index contributed by atoms with van der Waals surface area (Å²) in [7, 11) is -2.57. The van der Waals surface area contributed by atoms with Crippen LogP contribution in [0.25, 0.3) is 22.4 Å². The second-order valence-electron chi connectivity index (χ2n) is 9.19. The first-order chi connectivity index (χ1) is 20.8. The Hall–Kier alpha value is -4.99. The smallest absolute Gasteiger partial charge is 0.411 e. The Kier molecular flexibility index (Phi) is 9.52. The van der Waals surface area contributed by atoms with E-state index in [1.54, 1.807) is 19.1 Å². The Balaban J connectivity index is 1.84. The molecule has 0 aliphatic carbocycles. The maximum Gasteiger partial charge on any atom is 0.411 e. The topological polar surface area (TPSA) is 124 Å². The molecule has 0 radical (unpaired) electrons. The van der Waals surface area contributed by atoms with Gasteiger partial charge in [0.2, 0.25) is 0 Å². The number of aromatic nitrogens is 3. The van der Waals surface area contributed by atoms with Crippen molar-refractivity contribution in [3.05, 3.63) is 84.3 Å². The minimum absolute atomic E-state index is 0.0261. The van der Waals surface area contributed by atoms with Crippen molar-refractivity contribution in [2.45, 2.75) is 11.8 Å². The van der Waals surface area contributed by atoms with E-state index < -0.39 is 74.8 Å². The summed E-state index contributed by atoms with van der Waals surface area (Å²) < 4.78 is 99.0. The van der Waals surface area contributed by atoms with Gasteiger partial charge < -0.3 is 14.4 Å². The van der Waals surface area contributed by atoms with Crippen molar-refractivity contribution >= 4 is 27.8 Å². The Morgan fingerprint density at radius 3 is 2.34 bits per heavy atom. The predicted octanol–water partition coefficient (Wildman–Crippen LogP) is 4.49. The van der Waals surface area contributed by atoms with Gasteiger partial charge in [-0.2, -0.15) is 5.10 Å². The highest BCUT2D eigenvalue weighted by Gasteiger charge is 2.34. The fourth-order valence-electron chi connectivity index (χ4n) is 4.12. The molecule has 0 spiro atoms. The molecule has 16 heteroatoms. The number of likely N-dealkylation sites (N-methyl/N-ethyl adjacent to an activating group) is 1. The van der Waals surface area contributed by atoms with Crippen LogP contribution in [0.1, 0.15) is 6.92 Å². The van der Waals surface area contributed by atoms with Crippen molar-refractivity contribution in [3.8, 4) is 22.4 Å². The van der Waals surface area contributed by atoms with Crippen LogP contribution >= 0.6 is 0 Å². The number of anilines is 1. The van der Waals surface area contributed by atoms with E-state index in [0.717, 1.165) is 24.1 Å². The van der Waals surface area contributed by atoms with E-state index in [9.17, 15) is 26.8 Å². The summed E-state index contributed by atoms with van der Waals surface area (Å²) in [5, 5.41) is 4.17. The number of carbonyl (C=O) groups is 2. The predicted molar refractivity (Wildman–Crippen MR) is 148 cm³/mol. The number of amides is 1. The molecule has 1 amide bonds. The molecule has 0 aliphatic heterocycles. The lowest BCUT2D eigenvalue weighted by molar-refractivity contribution is -0.143. The van der Waals surface area contributed by atoms with E-state index in [2.05, 4.69) is 10.1 Å². The van der Waals surface area contributed by atoms with Crippen molar-refractivity contribution in [3.63, 3.8) is 0 Å². The summed E-state index contributed by atoms with van der Waals surface area (Å²) in [5.74, 6) is -5.91. The zero-order valence-electron chi connectivity index (χ0n) is 23.5. The minimum atomic E-state index is -5.22. The standard InChI is InChI=1S/C28H25F4N5O6S/c1-4-42-24(38)15-35(2)28(39)43-16-37(44(40,41)23-13-18(29)5-6-20(23)30)22-8-7-21(31)25(26(22)32)27-19(14-36(3)34-27)17-9-11-33-12-10-17/h5-14H,4,15-16H2,1-3H3. The molecular formula is C28H25F4N5O6S. The van der Waals surface area contributed by atoms with Crippen LogP contribution in [0.4, 0.5) is 28.0 Å². The molecule has 0 N–H and O–H groups in total. The van der Waals surface area contributed by atoms with Crippen LogP contribution in [0.15, 0.2) is 66.0 Å². The van der Waals surface area contributed by atoms with Gasteiger partial charge >= 0.3 is 12.1 Å². The molecular weight excluding hydrogens is 610 g/mol. The Bertz CT molecular complexity index is 1800. The number of carbonyl (C=O) groups excluding carboxylic acids is 2. The molecule has 0 atom stereocenters. The minimum Gasteiger partial charge on any atom is -0.465 e. The summed E-state index contributed by atoms with van der Waals surface area (Å²) in [6, 6.07) is 6.18. The molecule has 0 fully saturated rings. The van der Waals surface area contributed by atoms with Crippen LogP contribution in [0.2, 0.25) is 0 Å². The van der Waals surface area contributed by atoms with E-state index in [0.29, 0.717) is 23.8 Å². The number of pyridine rings is 1. The van der Waals surface area contributed by atoms with Gasteiger partial charge in [-0.15, -0.1) is 0 Å². The number of ether oxygens (including phenoxy) is 2. The van der Waals surface area contributed by atoms with Gasteiger partial charge in [0, 0.05) is 38.2 Å². The molecule has 4 rings (SSSR count). The van der Waals surface area contributed by atoms with Gasteiger partial charge in [-0.05, 0) is 55.0 Å². The molecule has 232 valence electrons. The lowest BCUT2D eigenvalue weighted by Gasteiger charge is -2.26. The number of nitrogens with zero attached hydrogens (tertiary/aromatic N) is 5. The van der Waals surface area contributed by atoms with Crippen molar-refractivity contribution in [2.24, 2.45) is 7.05 Å². The summed E-state index contributed by atoms with van der Waals surface area (Å²) in [5.41, 5.74) is -1.09. The maximum absolute atomic E-state index is 16.4. The number of halogens is 4. The number of sulfonamides is 1. The summed E-state index contributed by atoms with van der Waals surface area (Å²) in [6.07, 6.45) is 3.13. The first-order valence-corrected chi connectivity index (χ1v) is 14.2. The fourth-order valence-corrected chi connectivity index (χ4v) is 5.52. The van der Waals surface area contributed by atoms with Crippen molar-refractivity contribution in [1.29, 1.82) is 0 Å². The maximum atomic E-state index is 16.4. The second kappa shape index (κ2) is 13.1. The van der Waals surface area contributed by atoms with Crippen molar-refractivity contribution in [1.82, 2.24) is 19.7 Å². The van der Waals surface area contributed by atoms with Crippen LogP contribution in [-0.2, 0) is 31.3 Å². The zero-order valence-corrected chi connectivity index (χ0v) is 24.3. The highest BCUT2D eigenvalue weighted by atomic mass is 32.2. The first kappa shape index (κ1) is 31.9. The molecule has 0 aliphatic rings. The Labute approximate surface area is 249 Å². The van der Waals surface area contributed by atoms with Gasteiger partial charge in [-0.1, -0.05) is 0 Å². The third-order valence-electron chi connectivity index (χ3n) is 6.15. The van der Waals surface area contributed by atoms with E-state index in [-0.39, 0.29) is 22.2 Å². The molecule has 44 heavy (non-hydrogen) atoms. The van der Waals surface area contributed by atoms with Crippen molar-refractivity contribution < 1.29 is 45.0 Å². The number of benzene rings is 2. The van der Waals surface area contributed by atoms with Gasteiger partial charge in [0.1, 0.15) is 34.6 Å². The molecule has 2 heterocycles. The van der Waals surface area contributed by atoms with Crippen LogP contribution in [0.3, 0.4) is 0 Å². The van der Waals surface area contributed by atoms with Gasteiger partial charge in [0.05, 0.1) is 17.9 Å². The highest BCUT2D eigenvalue weighted by Crippen LogP contribution is 2.38. The SMILES string of the molecule is CCOC(=O)CN(C)C(=O)OCN(c1ccc(F)c(-c2nn(C)cc2-c2ccncc2)c1F)S(=O)(=O)c1cc(F)ccc1F. The van der Waals surface area contributed by atoms with Crippen molar-refractivity contribution in [2.75, 3.05) is 31.2 Å². The number of aryl methyl sites for hydroxylation is 1. The number of rotatable bonds is 10. The summed E-state index contributed by atoms with van der Waals surface area (Å²) >= 11 is 0. The molecule has 2 aromatic carbocycles. The van der Waals surface area contributed by atoms with Crippen LogP contribution < -0.4 is 4.31 Å². The van der Waals surface area contributed by atoms with Gasteiger partial charge in [0.25, 0.3) is 10.0 Å². The van der Waals surface area contributed by atoms with E-state index in [1.165, 1.54) is 30.3 Å². The summed E-state index contributed by atoms with van der Waals surface area (Å²) in [6.45, 7) is -0.296. The summed E-state index contributed by atoms with van der Waals surface area (Å²) in [4.78, 5) is 27.8. The molecule has 11 nitrogen and oxygen atoms in total. The molecule has 0 bridgehead atoms. The lowest BCUT2D eigenvalue weighted by Crippen LogP contribution is -2.39. The molecule has 0 saturated carbocycles. The third-order valence-corrected chi connectivity index (χ3v) is 7.90. The van der Waals surface area contributed by atoms with E-state index in [4.69, 9.17) is 9.47 Å². The average molecular weight is 636 g/mol. The van der Waals surface area contributed by atoms with Gasteiger partial charge in [0.15, 0.2) is 12.5 Å². The number of esters is 1. The lowest BCUT2D eigenvalue weighted by atomic mass is 10.0. The van der Waals surface area contributed by atoms with Gasteiger partial charge in [-0.3, -0.25) is 14.5 Å². The van der Waals surface area contributed by atoms with E-state index in [1.807, 2.05) is 0 Å². The first-order valence-electron chi connectivity index (χ1n) is 12.8. The molecule has 4 aromatic rings. The fraction of sp³-hybridized carbons (Fsp3) is 0.214. The van der Waals surface area contributed by atoms with Crippen LogP contribution in [0.5, 0.6) is 0 Å². The average Bonchev–Trinajstić information content (AvgIpc) is 3.36. The largest absolute Gasteiger partial charge is 0.465 e. The Morgan fingerprint density at radius 1 is 0.977 bits per heavy atom. The number of hydrogen-bond acceptors (Lipinski definition) is 8. The quantitative estimate of drug-likeness (QED) is 0.142. The molecule has 0 unspecified atom stereocenters. The van der Waals surface area contributed by atoms with Crippen LogP contribution in [0, 0.1) is 23.3 Å². The molecule has 0 saturated heterocycles. The zero-order chi connectivity index (χ0) is 32.2. The number of hydrogen-bond donors (Lipinski definition) is 0. The normalized spacial score (nSPS) is 11.2. The Morgan fingerprint density at radius 2 is 1.66 bits per heavy atom. The van der Waals surface area contributed by atoms with Crippen LogP contribution in [-0.4, -0.2) is 67.1 Å². The molecule has 2 aromatic heterocycles. The van der Waals surface area contributed by atoms with Gasteiger partial charge in [-0.25, -0.2) is 35.1 Å².